The Morgan fingerprint density at radius 3 is 2.32 bits per heavy atom. The van der Waals surface area contributed by atoms with Gasteiger partial charge in [0.2, 0.25) is 21.8 Å². The molecule has 1 heterocycles. The second-order valence-corrected chi connectivity index (χ2v) is 10.6. The highest BCUT2D eigenvalue weighted by atomic mass is 32.2. The Morgan fingerprint density at radius 2 is 1.71 bits per heavy atom. The number of imide groups is 1. The van der Waals surface area contributed by atoms with E-state index in [0.717, 1.165) is 15.4 Å². The van der Waals surface area contributed by atoms with Crippen molar-refractivity contribution in [3.8, 4) is 0 Å². The average Bonchev–Trinajstić information content (AvgIpc) is 3.07. The molecule has 0 bridgehead atoms. The van der Waals surface area contributed by atoms with E-state index >= 15 is 0 Å². The molecule has 174 valence electrons. The van der Waals surface area contributed by atoms with Gasteiger partial charge in [0.15, 0.2) is 0 Å². The number of hydrogen-bond acceptors (Lipinski definition) is 6. The highest BCUT2D eigenvalue weighted by Gasteiger charge is 2.40. The van der Waals surface area contributed by atoms with Gasteiger partial charge in [0.05, 0.1) is 15.8 Å². The smallest absolute Gasteiger partial charge is 0.255 e. The van der Waals surface area contributed by atoms with Crippen LogP contribution in [0.5, 0.6) is 0 Å². The summed E-state index contributed by atoms with van der Waals surface area (Å²) < 4.78 is 22.8. The molecule has 1 fully saturated rings. The lowest BCUT2D eigenvalue weighted by atomic mass is 10.1. The van der Waals surface area contributed by atoms with Crippen LogP contribution in [0.2, 0.25) is 0 Å². The minimum absolute atomic E-state index is 0.0201. The minimum atomic E-state index is -3.87. The Hall–Kier alpha value is -3.47. The van der Waals surface area contributed by atoms with Gasteiger partial charge in [0.25, 0.3) is 5.91 Å². The Kier molecular flexibility index (Phi) is 6.56. The van der Waals surface area contributed by atoms with E-state index in [1.54, 1.807) is 36.4 Å². The zero-order valence-electron chi connectivity index (χ0n) is 18.1. The predicted octanol–water partition coefficient (Wildman–Crippen LogP) is 3.32. The van der Waals surface area contributed by atoms with Crippen molar-refractivity contribution >= 4 is 50.9 Å². The van der Waals surface area contributed by atoms with Gasteiger partial charge in [0, 0.05) is 22.6 Å². The van der Waals surface area contributed by atoms with Gasteiger partial charge in [-0.25, -0.2) is 18.5 Å². The molecule has 3 amide bonds. The number of benzene rings is 3. The van der Waals surface area contributed by atoms with E-state index < -0.39 is 15.3 Å². The number of hydrogen-bond donors (Lipinski definition) is 2. The molecule has 1 unspecified atom stereocenters. The molecule has 10 heteroatoms. The standard InChI is InChI=1S/C24H21N3O5S2/c1-15-3-2-4-16(13-15)23(29)26-17-5-9-19(10-6-17)33-21-14-22(28)27(24(21)30)18-7-11-20(12-8-18)34(25,31)32/h2-13,21H,14H2,1H3,(H,26,29)(H2,25,31,32). The third-order valence-corrected chi connectivity index (χ3v) is 7.33. The van der Waals surface area contributed by atoms with Crippen molar-refractivity contribution in [2.45, 2.75) is 28.4 Å². The zero-order valence-corrected chi connectivity index (χ0v) is 19.7. The van der Waals surface area contributed by atoms with Crippen molar-refractivity contribution < 1.29 is 22.8 Å². The molecule has 3 N–H and O–H groups in total. The number of nitrogens with one attached hydrogen (secondary N) is 1. The summed E-state index contributed by atoms with van der Waals surface area (Å²) in [5.41, 5.74) is 2.45. The molecule has 1 atom stereocenters. The Labute approximate surface area is 201 Å². The largest absolute Gasteiger partial charge is 0.322 e. The number of sulfonamides is 1. The summed E-state index contributed by atoms with van der Waals surface area (Å²) in [4.78, 5) is 39.5. The molecular weight excluding hydrogens is 474 g/mol. The number of primary sulfonamides is 1. The maximum Gasteiger partial charge on any atom is 0.255 e. The molecule has 1 saturated heterocycles. The lowest BCUT2D eigenvalue weighted by molar-refractivity contribution is -0.121. The third kappa shape index (κ3) is 5.19. The fourth-order valence-corrected chi connectivity index (χ4v) is 5.09. The average molecular weight is 496 g/mol. The fourth-order valence-electron chi connectivity index (χ4n) is 3.52. The van der Waals surface area contributed by atoms with Crippen LogP contribution in [0.3, 0.4) is 0 Å². The number of amides is 3. The molecule has 4 rings (SSSR count). The SMILES string of the molecule is Cc1cccc(C(=O)Nc2ccc(SC3CC(=O)N(c4ccc(S(N)(=O)=O)cc4)C3=O)cc2)c1. The molecular formula is C24H21N3O5S2. The van der Waals surface area contributed by atoms with Crippen LogP contribution in [0, 0.1) is 6.92 Å². The molecule has 0 aliphatic carbocycles. The lowest BCUT2D eigenvalue weighted by Crippen LogP contribution is -2.31. The summed E-state index contributed by atoms with van der Waals surface area (Å²) >= 11 is 1.25. The quantitative estimate of drug-likeness (QED) is 0.505. The summed E-state index contributed by atoms with van der Waals surface area (Å²) in [6, 6.07) is 19.6. The molecule has 8 nitrogen and oxygen atoms in total. The topological polar surface area (TPSA) is 127 Å². The molecule has 3 aromatic rings. The van der Waals surface area contributed by atoms with Crippen molar-refractivity contribution in [2.75, 3.05) is 10.2 Å². The van der Waals surface area contributed by atoms with Gasteiger partial charge in [-0.3, -0.25) is 14.4 Å². The first-order valence-electron chi connectivity index (χ1n) is 10.3. The van der Waals surface area contributed by atoms with Gasteiger partial charge in [-0.2, -0.15) is 0 Å². The van der Waals surface area contributed by atoms with Gasteiger partial charge >= 0.3 is 0 Å². The number of nitrogens with zero attached hydrogens (tertiary/aromatic N) is 1. The summed E-state index contributed by atoms with van der Waals surface area (Å²) in [6.07, 6.45) is 0.0201. The molecule has 1 aliphatic heterocycles. The Morgan fingerprint density at radius 1 is 1.03 bits per heavy atom. The summed E-state index contributed by atoms with van der Waals surface area (Å²) in [5, 5.41) is 7.32. The van der Waals surface area contributed by atoms with E-state index in [9.17, 15) is 22.8 Å². The summed E-state index contributed by atoms with van der Waals surface area (Å²) in [6.45, 7) is 1.92. The monoisotopic (exact) mass is 495 g/mol. The maximum absolute atomic E-state index is 12.9. The van der Waals surface area contributed by atoms with Crippen LogP contribution < -0.4 is 15.4 Å². The highest BCUT2D eigenvalue weighted by Crippen LogP contribution is 2.34. The van der Waals surface area contributed by atoms with E-state index in [0.29, 0.717) is 16.9 Å². The van der Waals surface area contributed by atoms with Crippen molar-refractivity contribution in [1.29, 1.82) is 0 Å². The van der Waals surface area contributed by atoms with E-state index in [2.05, 4.69) is 5.32 Å². The van der Waals surface area contributed by atoms with Crippen molar-refractivity contribution in [2.24, 2.45) is 5.14 Å². The third-order valence-electron chi connectivity index (χ3n) is 5.20. The maximum atomic E-state index is 12.9. The van der Waals surface area contributed by atoms with Gasteiger partial charge in [-0.05, 0) is 67.6 Å². The van der Waals surface area contributed by atoms with Crippen molar-refractivity contribution in [3.63, 3.8) is 0 Å². The fraction of sp³-hybridized carbons (Fsp3) is 0.125. The number of anilines is 2. The van der Waals surface area contributed by atoms with E-state index in [4.69, 9.17) is 5.14 Å². The molecule has 1 aliphatic rings. The van der Waals surface area contributed by atoms with E-state index in [-0.39, 0.29) is 29.0 Å². The molecule has 0 radical (unpaired) electrons. The van der Waals surface area contributed by atoms with Crippen molar-refractivity contribution in [1.82, 2.24) is 0 Å². The molecule has 0 aromatic heterocycles. The van der Waals surface area contributed by atoms with Crippen LogP contribution in [0.15, 0.2) is 82.6 Å². The minimum Gasteiger partial charge on any atom is -0.322 e. The zero-order chi connectivity index (χ0) is 24.5. The van der Waals surface area contributed by atoms with E-state index in [1.807, 2.05) is 19.1 Å². The second-order valence-electron chi connectivity index (χ2n) is 7.76. The number of carbonyl (C=O) groups is 3. The first kappa shape index (κ1) is 23.7. The van der Waals surface area contributed by atoms with Crippen molar-refractivity contribution in [3.05, 3.63) is 83.9 Å². The second kappa shape index (κ2) is 9.41. The van der Waals surface area contributed by atoms with Crippen LogP contribution in [0.4, 0.5) is 11.4 Å². The van der Waals surface area contributed by atoms with Gasteiger partial charge in [-0.1, -0.05) is 17.7 Å². The molecule has 0 spiro atoms. The van der Waals surface area contributed by atoms with Crippen LogP contribution in [-0.4, -0.2) is 31.4 Å². The van der Waals surface area contributed by atoms with E-state index in [1.165, 1.54) is 36.0 Å². The Balaban J connectivity index is 1.41. The first-order chi connectivity index (χ1) is 16.1. The number of nitrogens with two attached hydrogens (primary N) is 1. The summed E-state index contributed by atoms with van der Waals surface area (Å²) in [5.74, 6) is -0.965. The normalized spacial score (nSPS) is 16.1. The molecule has 0 saturated carbocycles. The van der Waals surface area contributed by atoms with Crippen LogP contribution in [0.1, 0.15) is 22.3 Å². The number of rotatable bonds is 6. The van der Waals surface area contributed by atoms with Crippen LogP contribution in [-0.2, 0) is 19.6 Å². The number of thioether (sulfide) groups is 1. The van der Waals surface area contributed by atoms with Crippen LogP contribution in [0.25, 0.3) is 0 Å². The number of aryl methyl sites for hydroxylation is 1. The summed E-state index contributed by atoms with van der Waals surface area (Å²) in [7, 11) is -3.87. The highest BCUT2D eigenvalue weighted by molar-refractivity contribution is 8.00. The molecule has 34 heavy (non-hydrogen) atoms. The first-order valence-corrected chi connectivity index (χ1v) is 12.7. The van der Waals surface area contributed by atoms with Gasteiger partial charge < -0.3 is 5.32 Å². The van der Waals surface area contributed by atoms with Gasteiger partial charge in [0.1, 0.15) is 0 Å². The lowest BCUT2D eigenvalue weighted by Gasteiger charge is -2.15. The molecule has 3 aromatic carbocycles. The van der Waals surface area contributed by atoms with Gasteiger partial charge in [-0.15, -0.1) is 11.8 Å². The predicted molar refractivity (Wildman–Crippen MR) is 130 cm³/mol. The number of carbonyl (C=O) groups excluding carboxylic acids is 3. The van der Waals surface area contributed by atoms with Crippen LogP contribution >= 0.6 is 11.8 Å². The Bertz CT molecular complexity index is 1370.